The summed E-state index contributed by atoms with van der Waals surface area (Å²) in [5.74, 6) is -1.34. The molecule has 1 aromatic heterocycles. The molecule has 0 atom stereocenters. The van der Waals surface area contributed by atoms with E-state index in [1.807, 2.05) is 0 Å². The number of aromatic nitrogens is 2. The highest BCUT2D eigenvalue weighted by Crippen LogP contribution is 2.29. The smallest absolute Gasteiger partial charge is 0.357 e. The van der Waals surface area contributed by atoms with Crippen LogP contribution < -0.4 is 0 Å². The minimum Gasteiger partial charge on any atom is -0.476 e. The van der Waals surface area contributed by atoms with Gasteiger partial charge in [0.25, 0.3) is 0 Å². The quantitative estimate of drug-likeness (QED) is 0.861. The molecule has 1 aromatic rings. The van der Waals surface area contributed by atoms with Crippen molar-refractivity contribution in [3.8, 4) is 0 Å². The normalized spacial score (nSPS) is 17.3. The third-order valence-corrected chi connectivity index (χ3v) is 6.14. The largest absolute Gasteiger partial charge is 0.476 e. The molecular weight excluding hydrogens is 294 g/mol. The van der Waals surface area contributed by atoms with Gasteiger partial charge in [-0.05, 0) is 19.8 Å². The first-order valence-electron chi connectivity index (χ1n) is 7.19. The number of rotatable bonds is 5. The summed E-state index contributed by atoms with van der Waals surface area (Å²) < 4.78 is 27.2. The van der Waals surface area contributed by atoms with Crippen molar-refractivity contribution in [3.63, 3.8) is 0 Å². The van der Waals surface area contributed by atoms with Gasteiger partial charge in [0, 0.05) is 12.6 Å². The van der Waals surface area contributed by atoms with Gasteiger partial charge in [-0.25, -0.2) is 13.2 Å². The Morgan fingerprint density at radius 1 is 1.38 bits per heavy atom. The van der Waals surface area contributed by atoms with Crippen LogP contribution in [0.25, 0.3) is 0 Å². The maximum Gasteiger partial charge on any atom is 0.357 e. The zero-order valence-electron chi connectivity index (χ0n) is 12.3. The Labute approximate surface area is 124 Å². The number of hydrogen-bond acceptors (Lipinski definition) is 4. The number of carboxylic acids is 1. The zero-order chi connectivity index (χ0) is 15.6. The topological polar surface area (TPSA) is 103 Å². The summed E-state index contributed by atoms with van der Waals surface area (Å²) in [6.07, 6.45) is 4.79. The Morgan fingerprint density at radius 3 is 2.52 bits per heavy atom. The van der Waals surface area contributed by atoms with Crippen LogP contribution in [0.3, 0.4) is 0 Å². The van der Waals surface area contributed by atoms with Crippen LogP contribution in [0.2, 0.25) is 0 Å². The van der Waals surface area contributed by atoms with Crippen LogP contribution in [0.5, 0.6) is 0 Å². The molecule has 0 radical (unpaired) electrons. The molecule has 0 unspecified atom stereocenters. The van der Waals surface area contributed by atoms with E-state index in [-0.39, 0.29) is 16.6 Å². The molecule has 8 heteroatoms. The number of aryl methyl sites for hydroxylation is 1. The summed E-state index contributed by atoms with van der Waals surface area (Å²) in [6, 6.07) is -0.0512. The number of aromatic carboxylic acids is 1. The molecule has 7 nitrogen and oxygen atoms in total. The molecule has 0 aliphatic heterocycles. The number of H-pyrrole nitrogens is 1. The first kappa shape index (κ1) is 16.0. The minimum atomic E-state index is -3.86. The molecule has 0 bridgehead atoms. The lowest BCUT2D eigenvalue weighted by atomic mass is 9.95. The highest BCUT2D eigenvalue weighted by atomic mass is 32.2. The van der Waals surface area contributed by atoms with Gasteiger partial charge in [-0.2, -0.15) is 9.40 Å². The van der Waals surface area contributed by atoms with Crippen LogP contribution in [-0.2, 0) is 10.0 Å². The van der Waals surface area contributed by atoms with Gasteiger partial charge in [0.2, 0.25) is 10.0 Å². The Kier molecular flexibility index (Phi) is 4.67. The third-order valence-electron chi connectivity index (χ3n) is 3.95. The average Bonchev–Trinajstić information content (AvgIpc) is 2.83. The molecule has 21 heavy (non-hydrogen) atoms. The Hall–Kier alpha value is -1.41. The fourth-order valence-electron chi connectivity index (χ4n) is 2.99. The van der Waals surface area contributed by atoms with Gasteiger partial charge in [0.05, 0.1) is 5.69 Å². The number of carboxylic acid groups (broad SMARTS) is 1. The number of aromatic amines is 1. The van der Waals surface area contributed by atoms with E-state index in [1.165, 1.54) is 11.2 Å². The van der Waals surface area contributed by atoms with Gasteiger partial charge in [0.15, 0.2) is 5.69 Å². The summed E-state index contributed by atoms with van der Waals surface area (Å²) in [5.41, 5.74) is -0.164. The van der Waals surface area contributed by atoms with Crippen molar-refractivity contribution >= 4 is 16.0 Å². The zero-order valence-corrected chi connectivity index (χ0v) is 13.1. The summed E-state index contributed by atoms with van der Waals surface area (Å²) in [7, 11) is -3.86. The lowest BCUT2D eigenvalue weighted by molar-refractivity contribution is 0.0686. The highest BCUT2D eigenvalue weighted by Gasteiger charge is 2.36. The second kappa shape index (κ2) is 6.15. The molecule has 1 fully saturated rings. The van der Waals surface area contributed by atoms with E-state index in [0.29, 0.717) is 6.54 Å². The Balaban J connectivity index is 2.44. The molecule has 0 spiro atoms. The summed E-state index contributed by atoms with van der Waals surface area (Å²) in [5, 5.41) is 15.2. The SMILES string of the molecule is CCN(C1CCCCC1)S(=O)(=O)c1c(C(=O)O)n[nH]c1C. The van der Waals surface area contributed by atoms with Crippen molar-refractivity contribution < 1.29 is 18.3 Å². The molecule has 2 N–H and O–H groups in total. The van der Waals surface area contributed by atoms with E-state index in [4.69, 9.17) is 5.11 Å². The maximum atomic E-state index is 12.9. The van der Waals surface area contributed by atoms with Crippen LogP contribution in [-0.4, -0.2) is 46.6 Å². The lowest BCUT2D eigenvalue weighted by Gasteiger charge is -2.32. The number of carbonyl (C=O) groups is 1. The van der Waals surface area contributed by atoms with Gasteiger partial charge in [-0.15, -0.1) is 0 Å². The van der Waals surface area contributed by atoms with Crippen LogP contribution in [0.1, 0.15) is 55.2 Å². The van der Waals surface area contributed by atoms with E-state index < -0.39 is 21.7 Å². The number of nitrogens with zero attached hydrogens (tertiary/aromatic N) is 2. The van der Waals surface area contributed by atoms with Gasteiger partial charge in [-0.1, -0.05) is 26.2 Å². The number of hydrogen-bond donors (Lipinski definition) is 2. The fraction of sp³-hybridized carbons (Fsp3) is 0.692. The molecule has 118 valence electrons. The second-order valence-electron chi connectivity index (χ2n) is 5.33. The lowest BCUT2D eigenvalue weighted by Crippen LogP contribution is -2.41. The van der Waals surface area contributed by atoms with E-state index >= 15 is 0 Å². The third kappa shape index (κ3) is 2.96. The van der Waals surface area contributed by atoms with Crippen LogP contribution in [0, 0.1) is 6.92 Å². The Morgan fingerprint density at radius 2 is 2.00 bits per heavy atom. The molecule has 1 saturated carbocycles. The van der Waals surface area contributed by atoms with Crippen molar-refractivity contribution in [2.24, 2.45) is 0 Å². The van der Waals surface area contributed by atoms with E-state index in [9.17, 15) is 13.2 Å². The van der Waals surface area contributed by atoms with E-state index in [0.717, 1.165) is 32.1 Å². The molecule has 0 amide bonds. The summed E-state index contributed by atoms with van der Waals surface area (Å²) in [6.45, 7) is 3.64. The highest BCUT2D eigenvalue weighted by molar-refractivity contribution is 7.89. The van der Waals surface area contributed by atoms with Gasteiger partial charge >= 0.3 is 5.97 Å². The molecule has 2 rings (SSSR count). The molecule has 1 aliphatic carbocycles. The molecule has 0 aromatic carbocycles. The fourth-order valence-corrected chi connectivity index (χ4v) is 4.98. The van der Waals surface area contributed by atoms with Crippen LogP contribution in [0.4, 0.5) is 0 Å². The monoisotopic (exact) mass is 315 g/mol. The van der Waals surface area contributed by atoms with Crippen LogP contribution >= 0.6 is 0 Å². The number of nitrogens with one attached hydrogen (secondary N) is 1. The van der Waals surface area contributed by atoms with Crippen molar-refractivity contribution in [1.82, 2.24) is 14.5 Å². The number of sulfonamides is 1. The maximum absolute atomic E-state index is 12.9. The first-order chi connectivity index (χ1) is 9.89. The standard InChI is InChI=1S/C13H21N3O4S/c1-3-16(10-7-5-4-6-8-10)21(19,20)12-9(2)14-15-11(12)13(17)18/h10H,3-8H2,1-2H3,(H,14,15)(H,17,18). The Bertz CT molecular complexity index is 617. The average molecular weight is 315 g/mol. The molecule has 0 saturated heterocycles. The molecular formula is C13H21N3O4S. The van der Waals surface area contributed by atoms with Crippen molar-refractivity contribution in [3.05, 3.63) is 11.4 Å². The van der Waals surface area contributed by atoms with Crippen LogP contribution in [0.15, 0.2) is 4.90 Å². The van der Waals surface area contributed by atoms with Crippen molar-refractivity contribution in [2.75, 3.05) is 6.54 Å². The summed E-state index contributed by atoms with van der Waals surface area (Å²) >= 11 is 0. The van der Waals surface area contributed by atoms with E-state index in [2.05, 4.69) is 10.2 Å². The van der Waals surface area contributed by atoms with Gasteiger partial charge < -0.3 is 5.11 Å². The predicted molar refractivity (Wildman–Crippen MR) is 76.7 cm³/mol. The predicted octanol–water partition coefficient (Wildman–Crippen LogP) is 1.76. The molecule has 1 heterocycles. The minimum absolute atomic E-state index is 0.0512. The molecule has 1 aliphatic rings. The van der Waals surface area contributed by atoms with Gasteiger partial charge in [-0.3, -0.25) is 5.10 Å². The first-order valence-corrected chi connectivity index (χ1v) is 8.63. The second-order valence-corrected chi connectivity index (χ2v) is 7.16. The van der Waals surface area contributed by atoms with Gasteiger partial charge in [0.1, 0.15) is 4.90 Å². The van der Waals surface area contributed by atoms with E-state index in [1.54, 1.807) is 6.92 Å². The van der Waals surface area contributed by atoms with Crippen molar-refractivity contribution in [1.29, 1.82) is 0 Å². The van der Waals surface area contributed by atoms with Crippen molar-refractivity contribution in [2.45, 2.75) is 56.9 Å². The summed E-state index contributed by atoms with van der Waals surface area (Å²) in [4.78, 5) is 11.0.